The molecule has 1 N–H and O–H groups in total. The highest BCUT2D eigenvalue weighted by Crippen LogP contribution is 2.27. The summed E-state index contributed by atoms with van der Waals surface area (Å²) >= 11 is 9.28. The molecule has 2 atom stereocenters. The van der Waals surface area contributed by atoms with E-state index in [9.17, 15) is 9.90 Å². The van der Waals surface area contributed by atoms with Gasteiger partial charge in [0.15, 0.2) is 0 Å². The summed E-state index contributed by atoms with van der Waals surface area (Å²) in [6.45, 7) is 0.420. The summed E-state index contributed by atoms with van der Waals surface area (Å²) in [6, 6.07) is 4.88. The summed E-state index contributed by atoms with van der Waals surface area (Å²) in [4.78, 5) is 14.2. The van der Waals surface area contributed by atoms with Crippen molar-refractivity contribution in [1.29, 1.82) is 0 Å². The molecular weight excluding hydrogens is 334 g/mol. The van der Waals surface area contributed by atoms with E-state index in [0.717, 1.165) is 0 Å². The lowest BCUT2D eigenvalue weighted by atomic mass is 10.1. The van der Waals surface area contributed by atoms with Crippen LogP contribution in [0.1, 0.15) is 16.8 Å². The SMILES string of the molecule is CO[C@H]1C[C@@H](CO)N(C(=O)c2cc(Cl)ccc2Br)C1. The summed E-state index contributed by atoms with van der Waals surface area (Å²) < 4.78 is 5.96. The number of methoxy groups -OCH3 is 1. The lowest BCUT2D eigenvalue weighted by Crippen LogP contribution is -2.38. The quantitative estimate of drug-likeness (QED) is 0.912. The minimum absolute atomic E-state index is 0.0286. The largest absolute Gasteiger partial charge is 0.394 e. The number of aliphatic hydroxyl groups is 1. The molecule has 1 heterocycles. The Morgan fingerprint density at radius 2 is 2.37 bits per heavy atom. The Hall–Kier alpha value is -0.620. The van der Waals surface area contributed by atoms with Gasteiger partial charge >= 0.3 is 0 Å². The van der Waals surface area contributed by atoms with Gasteiger partial charge in [-0.25, -0.2) is 0 Å². The van der Waals surface area contributed by atoms with Crippen LogP contribution in [0.4, 0.5) is 0 Å². The number of aliphatic hydroxyl groups excluding tert-OH is 1. The zero-order valence-corrected chi connectivity index (χ0v) is 12.8. The number of hydrogen-bond acceptors (Lipinski definition) is 3. The molecule has 6 heteroatoms. The van der Waals surface area contributed by atoms with E-state index in [1.165, 1.54) is 0 Å². The Labute approximate surface area is 125 Å². The number of carbonyl (C=O) groups is 1. The van der Waals surface area contributed by atoms with Crippen molar-refractivity contribution in [2.75, 3.05) is 20.3 Å². The molecule has 0 bridgehead atoms. The zero-order chi connectivity index (χ0) is 14.0. The molecule has 1 aromatic carbocycles. The second kappa shape index (κ2) is 6.22. The molecule has 1 amide bonds. The maximum absolute atomic E-state index is 12.5. The normalized spacial score (nSPS) is 22.8. The van der Waals surface area contributed by atoms with Crippen molar-refractivity contribution in [3.05, 3.63) is 33.3 Å². The highest BCUT2D eigenvalue weighted by Gasteiger charge is 2.35. The highest BCUT2D eigenvalue weighted by molar-refractivity contribution is 9.10. The zero-order valence-electron chi connectivity index (χ0n) is 10.5. The third-order valence-electron chi connectivity index (χ3n) is 3.34. The molecule has 0 radical (unpaired) electrons. The first-order valence-electron chi connectivity index (χ1n) is 5.96. The van der Waals surface area contributed by atoms with Crippen molar-refractivity contribution in [3.8, 4) is 0 Å². The first-order chi connectivity index (χ1) is 9.06. The van der Waals surface area contributed by atoms with Gasteiger partial charge in [-0.3, -0.25) is 4.79 Å². The van der Waals surface area contributed by atoms with Crippen LogP contribution in [-0.2, 0) is 4.74 Å². The third kappa shape index (κ3) is 3.11. The minimum Gasteiger partial charge on any atom is -0.394 e. The number of nitrogens with zero attached hydrogens (tertiary/aromatic N) is 1. The van der Waals surface area contributed by atoms with Crippen LogP contribution in [0.2, 0.25) is 5.02 Å². The van der Waals surface area contributed by atoms with Crippen LogP contribution in [0.15, 0.2) is 22.7 Å². The van der Waals surface area contributed by atoms with E-state index in [1.54, 1.807) is 30.2 Å². The molecular formula is C13H15BrClNO3. The number of ether oxygens (including phenoxy) is 1. The van der Waals surface area contributed by atoms with Crippen molar-refractivity contribution < 1.29 is 14.6 Å². The molecule has 0 aliphatic carbocycles. The molecule has 1 aliphatic rings. The predicted octanol–water partition coefficient (Wildman–Crippen LogP) is 2.32. The van der Waals surface area contributed by atoms with Gasteiger partial charge in [0.05, 0.1) is 24.3 Å². The Kier molecular flexibility index (Phi) is 4.84. The van der Waals surface area contributed by atoms with Crippen LogP contribution in [0, 0.1) is 0 Å². The van der Waals surface area contributed by atoms with Gasteiger partial charge in [0.1, 0.15) is 0 Å². The number of hydrogen-bond donors (Lipinski definition) is 1. The van der Waals surface area contributed by atoms with Crippen LogP contribution in [0.3, 0.4) is 0 Å². The highest BCUT2D eigenvalue weighted by atomic mass is 79.9. The van der Waals surface area contributed by atoms with E-state index in [4.69, 9.17) is 16.3 Å². The van der Waals surface area contributed by atoms with Crippen molar-refractivity contribution in [2.24, 2.45) is 0 Å². The van der Waals surface area contributed by atoms with Gasteiger partial charge in [-0.1, -0.05) is 11.6 Å². The van der Waals surface area contributed by atoms with Gasteiger partial charge in [0, 0.05) is 23.1 Å². The van der Waals surface area contributed by atoms with Crippen LogP contribution in [0.5, 0.6) is 0 Å². The minimum atomic E-state index is -0.205. The van der Waals surface area contributed by atoms with Gasteiger partial charge in [0.25, 0.3) is 5.91 Å². The molecule has 1 aliphatic heterocycles. The number of amides is 1. The fraction of sp³-hybridized carbons (Fsp3) is 0.462. The monoisotopic (exact) mass is 347 g/mol. The molecule has 19 heavy (non-hydrogen) atoms. The van der Waals surface area contributed by atoms with E-state index < -0.39 is 0 Å². The number of halogens is 2. The Balaban J connectivity index is 2.25. The topological polar surface area (TPSA) is 49.8 Å². The molecule has 104 valence electrons. The van der Waals surface area contributed by atoms with Gasteiger partial charge < -0.3 is 14.7 Å². The van der Waals surface area contributed by atoms with Gasteiger partial charge in [0.2, 0.25) is 0 Å². The van der Waals surface area contributed by atoms with Crippen LogP contribution in [0.25, 0.3) is 0 Å². The molecule has 2 rings (SSSR count). The van der Waals surface area contributed by atoms with Crippen LogP contribution >= 0.6 is 27.5 Å². The van der Waals surface area contributed by atoms with Crippen LogP contribution in [-0.4, -0.2) is 48.3 Å². The molecule has 1 saturated heterocycles. The lowest BCUT2D eigenvalue weighted by molar-refractivity contribution is 0.0647. The molecule has 0 unspecified atom stereocenters. The summed E-state index contributed by atoms with van der Waals surface area (Å²) in [5, 5.41) is 9.89. The average Bonchev–Trinajstić information content (AvgIpc) is 2.84. The summed E-state index contributed by atoms with van der Waals surface area (Å²) in [7, 11) is 1.61. The van der Waals surface area contributed by atoms with E-state index in [1.807, 2.05) is 0 Å². The fourth-order valence-corrected chi connectivity index (χ4v) is 2.87. The lowest BCUT2D eigenvalue weighted by Gasteiger charge is -2.23. The van der Waals surface area contributed by atoms with E-state index in [0.29, 0.717) is 28.0 Å². The molecule has 1 aromatic rings. The first kappa shape index (κ1) is 14.8. The fourth-order valence-electron chi connectivity index (χ4n) is 2.28. The van der Waals surface area contributed by atoms with E-state index in [-0.39, 0.29) is 24.7 Å². The van der Waals surface area contributed by atoms with Crippen molar-refractivity contribution in [3.63, 3.8) is 0 Å². The van der Waals surface area contributed by atoms with Gasteiger partial charge in [-0.15, -0.1) is 0 Å². The standard InChI is InChI=1S/C13H15BrClNO3/c1-19-10-5-9(7-17)16(6-10)13(18)11-4-8(15)2-3-12(11)14/h2-4,9-10,17H,5-7H2,1H3/t9-,10-/m0/s1. The summed E-state index contributed by atoms with van der Waals surface area (Å²) in [6.07, 6.45) is 0.621. The molecule has 1 fully saturated rings. The molecule has 0 aromatic heterocycles. The maximum Gasteiger partial charge on any atom is 0.255 e. The average molecular weight is 349 g/mol. The number of likely N-dealkylation sites (tertiary alicyclic amines) is 1. The van der Waals surface area contributed by atoms with E-state index in [2.05, 4.69) is 15.9 Å². The third-order valence-corrected chi connectivity index (χ3v) is 4.27. The predicted molar refractivity (Wildman–Crippen MR) is 76.5 cm³/mol. The first-order valence-corrected chi connectivity index (χ1v) is 7.13. The Morgan fingerprint density at radius 3 is 3.00 bits per heavy atom. The van der Waals surface area contributed by atoms with Crippen molar-refractivity contribution in [2.45, 2.75) is 18.6 Å². The van der Waals surface area contributed by atoms with Crippen molar-refractivity contribution >= 4 is 33.4 Å². The summed E-state index contributed by atoms with van der Waals surface area (Å²) in [5.41, 5.74) is 0.503. The smallest absolute Gasteiger partial charge is 0.255 e. The Bertz CT molecular complexity index is 483. The Morgan fingerprint density at radius 1 is 1.63 bits per heavy atom. The second-order valence-corrected chi connectivity index (χ2v) is 5.80. The van der Waals surface area contributed by atoms with Crippen molar-refractivity contribution in [1.82, 2.24) is 4.90 Å². The molecule has 0 spiro atoms. The molecule has 4 nitrogen and oxygen atoms in total. The number of benzene rings is 1. The second-order valence-electron chi connectivity index (χ2n) is 4.51. The number of rotatable bonds is 3. The maximum atomic E-state index is 12.5. The molecule has 0 saturated carbocycles. The van der Waals surface area contributed by atoms with Gasteiger partial charge in [-0.2, -0.15) is 0 Å². The van der Waals surface area contributed by atoms with Gasteiger partial charge in [-0.05, 0) is 40.5 Å². The summed E-state index contributed by atoms with van der Waals surface area (Å²) in [5.74, 6) is -0.145. The number of carbonyl (C=O) groups excluding carboxylic acids is 1. The van der Waals surface area contributed by atoms with Crippen LogP contribution < -0.4 is 0 Å². The van der Waals surface area contributed by atoms with E-state index >= 15 is 0 Å².